The first-order valence-corrected chi connectivity index (χ1v) is 7.35. The molecule has 0 aliphatic heterocycles. The van der Waals surface area contributed by atoms with Crippen LogP contribution in [0, 0.1) is 0 Å². The van der Waals surface area contributed by atoms with Gasteiger partial charge in [-0.3, -0.25) is 4.57 Å². The summed E-state index contributed by atoms with van der Waals surface area (Å²) in [4.78, 5) is 16.6. The maximum Gasteiger partial charge on any atom is 0.351 e. The fraction of sp³-hybridized carbons (Fsp3) is 0.125. The molecule has 1 aromatic carbocycles. The average Bonchev–Trinajstić information content (AvgIpc) is 3.16. The van der Waals surface area contributed by atoms with E-state index in [1.54, 1.807) is 18.5 Å². The minimum absolute atomic E-state index is 0.413. The standard InChI is InChI=1S/C16H14N2O3S/c1-4-10-5-6-11-12(7-10)18(9-17-11)14-8-13(20-2)15(22-14)16(19)21-3/h4-9H,1H2,2-3H3. The number of thiophene rings is 1. The fourth-order valence-electron chi connectivity index (χ4n) is 2.19. The molecule has 6 heteroatoms. The number of benzene rings is 1. The molecule has 0 bridgehead atoms. The molecular formula is C16H14N2O3S. The van der Waals surface area contributed by atoms with Crippen LogP contribution in [0.2, 0.25) is 0 Å². The Morgan fingerprint density at radius 2 is 2.18 bits per heavy atom. The molecule has 0 aliphatic rings. The van der Waals surface area contributed by atoms with Crippen molar-refractivity contribution in [3.8, 4) is 10.8 Å². The molecule has 5 nitrogen and oxygen atoms in total. The third-order valence-electron chi connectivity index (χ3n) is 3.32. The van der Waals surface area contributed by atoms with Crippen molar-refractivity contribution in [3.05, 3.63) is 47.6 Å². The van der Waals surface area contributed by atoms with E-state index in [-0.39, 0.29) is 0 Å². The molecule has 3 aromatic rings. The van der Waals surface area contributed by atoms with Gasteiger partial charge in [-0.1, -0.05) is 18.7 Å². The number of fused-ring (bicyclic) bond motifs is 1. The maximum absolute atomic E-state index is 11.8. The topological polar surface area (TPSA) is 53.4 Å². The summed E-state index contributed by atoms with van der Waals surface area (Å²) in [6.45, 7) is 3.78. The molecule has 22 heavy (non-hydrogen) atoms. The van der Waals surface area contributed by atoms with Crippen LogP contribution in [0.15, 0.2) is 37.2 Å². The summed E-state index contributed by atoms with van der Waals surface area (Å²) < 4.78 is 12.0. The number of aromatic nitrogens is 2. The summed E-state index contributed by atoms with van der Waals surface area (Å²) in [5.41, 5.74) is 2.82. The van der Waals surface area contributed by atoms with E-state index in [0.29, 0.717) is 10.6 Å². The fourth-order valence-corrected chi connectivity index (χ4v) is 3.22. The monoisotopic (exact) mass is 314 g/mol. The number of ether oxygens (including phenoxy) is 2. The molecular weight excluding hydrogens is 300 g/mol. The number of esters is 1. The third kappa shape index (κ3) is 2.27. The summed E-state index contributed by atoms with van der Waals surface area (Å²) in [7, 11) is 2.88. The Bertz CT molecular complexity index is 864. The van der Waals surface area contributed by atoms with Gasteiger partial charge >= 0.3 is 5.97 Å². The van der Waals surface area contributed by atoms with Crippen molar-refractivity contribution in [2.75, 3.05) is 14.2 Å². The van der Waals surface area contributed by atoms with Crippen molar-refractivity contribution in [2.45, 2.75) is 0 Å². The predicted octanol–water partition coefficient (Wildman–Crippen LogP) is 3.53. The number of rotatable bonds is 4. The molecule has 0 aliphatic carbocycles. The SMILES string of the molecule is C=Cc1ccc2ncn(-c3cc(OC)c(C(=O)OC)s3)c2c1. The number of nitrogens with zero attached hydrogens (tertiary/aromatic N) is 2. The number of carbonyl (C=O) groups excluding carboxylic acids is 1. The van der Waals surface area contributed by atoms with E-state index in [1.165, 1.54) is 25.6 Å². The third-order valence-corrected chi connectivity index (χ3v) is 4.42. The highest BCUT2D eigenvalue weighted by molar-refractivity contribution is 7.16. The second-order valence-corrected chi connectivity index (χ2v) is 5.57. The molecule has 0 atom stereocenters. The van der Waals surface area contributed by atoms with Crippen molar-refractivity contribution in [1.29, 1.82) is 0 Å². The number of imidazole rings is 1. The Kier molecular flexibility index (Phi) is 3.68. The van der Waals surface area contributed by atoms with E-state index < -0.39 is 5.97 Å². The van der Waals surface area contributed by atoms with Crippen molar-refractivity contribution in [3.63, 3.8) is 0 Å². The van der Waals surface area contributed by atoms with Gasteiger partial charge in [0.1, 0.15) is 17.1 Å². The quantitative estimate of drug-likeness (QED) is 0.691. The van der Waals surface area contributed by atoms with Crippen LogP contribution >= 0.6 is 11.3 Å². The highest BCUT2D eigenvalue weighted by Gasteiger charge is 2.19. The molecule has 0 fully saturated rings. The van der Waals surface area contributed by atoms with Crippen molar-refractivity contribution in [2.24, 2.45) is 0 Å². The Labute approximate surface area is 131 Å². The van der Waals surface area contributed by atoms with Gasteiger partial charge in [-0.15, -0.1) is 11.3 Å². The number of methoxy groups -OCH3 is 2. The van der Waals surface area contributed by atoms with Crippen LogP contribution in [0.5, 0.6) is 5.75 Å². The van der Waals surface area contributed by atoms with Gasteiger partial charge < -0.3 is 9.47 Å². The molecule has 2 heterocycles. The van der Waals surface area contributed by atoms with E-state index in [4.69, 9.17) is 9.47 Å². The van der Waals surface area contributed by atoms with E-state index in [9.17, 15) is 4.79 Å². The highest BCUT2D eigenvalue weighted by Crippen LogP contribution is 2.34. The molecule has 0 spiro atoms. The first-order chi connectivity index (χ1) is 10.7. The van der Waals surface area contributed by atoms with E-state index in [1.807, 2.05) is 22.8 Å². The molecule has 0 amide bonds. The number of hydrogen-bond acceptors (Lipinski definition) is 5. The van der Waals surface area contributed by atoms with Crippen LogP contribution in [-0.4, -0.2) is 29.7 Å². The molecule has 2 aromatic heterocycles. The molecule has 0 saturated heterocycles. The van der Waals surface area contributed by atoms with Gasteiger partial charge in [0.25, 0.3) is 0 Å². The Balaban J connectivity index is 2.17. The summed E-state index contributed by atoms with van der Waals surface area (Å²) in [6, 6.07) is 7.70. The Morgan fingerprint density at radius 3 is 2.86 bits per heavy atom. The zero-order valence-electron chi connectivity index (χ0n) is 12.2. The first-order valence-electron chi connectivity index (χ1n) is 6.54. The molecule has 3 rings (SSSR count). The molecule has 0 N–H and O–H groups in total. The van der Waals surface area contributed by atoms with Gasteiger partial charge in [-0.2, -0.15) is 0 Å². The van der Waals surface area contributed by atoms with Gasteiger partial charge in [-0.25, -0.2) is 9.78 Å². The summed E-state index contributed by atoms with van der Waals surface area (Å²) >= 11 is 1.30. The van der Waals surface area contributed by atoms with Gasteiger partial charge in [0.2, 0.25) is 0 Å². The second kappa shape index (κ2) is 5.65. The van der Waals surface area contributed by atoms with Crippen LogP contribution in [0.3, 0.4) is 0 Å². The lowest BCUT2D eigenvalue weighted by molar-refractivity contribution is 0.0603. The Hall–Kier alpha value is -2.60. The lowest BCUT2D eigenvalue weighted by Gasteiger charge is -2.00. The molecule has 0 radical (unpaired) electrons. The van der Waals surface area contributed by atoms with Crippen LogP contribution in [0.4, 0.5) is 0 Å². The average molecular weight is 314 g/mol. The van der Waals surface area contributed by atoms with Gasteiger partial charge in [0.05, 0.1) is 25.3 Å². The minimum atomic E-state index is -0.413. The largest absolute Gasteiger partial charge is 0.495 e. The van der Waals surface area contributed by atoms with Crippen LogP contribution in [0.25, 0.3) is 22.1 Å². The summed E-state index contributed by atoms with van der Waals surface area (Å²) in [6.07, 6.45) is 3.51. The van der Waals surface area contributed by atoms with Crippen molar-refractivity contribution < 1.29 is 14.3 Å². The van der Waals surface area contributed by atoms with Crippen LogP contribution in [0.1, 0.15) is 15.2 Å². The maximum atomic E-state index is 11.8. The summed E-state index contributed by atoms with van der Waals surface area (Å²) in [5.74, 6) is 0.0814. The molecule has 0 saturated carbocycles. The zero-order valence-corrected chi connectivity index (χ0v) is 13.0. The van der Waals surface area contributed by atoms with Gasteiger partial charge in [0, 0.05) is 6.07 Å². The lowest BCUT2D eigenvalue weighted by atomic mass is 10.2. The highest BCUT2D eigenvalue weighted by atomic mass is 32.1. The number of hydrogen-bond donors (Lipinski definition) is 0. The van der Waals surface area contributed by atoms with Crippen molar-refractivity contribution >= 4 is 34.4 Å². The molecule has 0 unspecified atom stereocenters. The first kappa shape index (κ1) is 14.3. The minimum Gasteiger partial charge on any atom is -0.495 e. The van der Waals surface area contributed by atoms with Gasteiger partial charge in [0.15, 0.2) is 4.88 Å². The second-order valence-electron chi connectivity index (χ2n) is 4.54. The van der Waals surface area contributed by atoms with Crippen LogP contribution in [-0.2, 0) is 4.74 Å². The van der Waals surface area contributed by atoms with Gasteiger partial charge in [-0.05, 0) is 17.7 Å². The summed E-state index contributed by atoms with van der Waals surface area (Å²) in [5, 5.41) is 0.834. The van der Waals surface area contributed by atoms with Crippen LogP contribution < -0.4 is 4.74 Å². The van der Waals surface area contributed by atoms with Crippen molar-refractivity contribution in [1.82, 2.24) is 9.55 Å². The Morgan fingerprint density at radius 1 is 1.36 bits per heavy atom. The van der Waals surface area contributed by atoms with E-state index >= 15 is 0 Å². The van der Waals surface area contributed by atoms with E-state index in [2.05, 4.69) is 11.6 Å². The normalized spacial score (nSPS) is 10.6. The number of carbonyl (C=O) groups is 1. The predicted molar refractivity (Wildman–Crippen MR) is 86.9 cm³/mol. The van der Waals surface area contributed by atoms with E-state index in [0.717, 1.165) is 21.6 Å². The molecule has 112 valence electrons. The zero-order chi connectivity index (χ0) is 15.7. The lowest BCUT2D eigenvalue weighted by Crippen LogP contribution is -1.99. The smallest absolute Gasteiger partial charge is 0.351 e.